The fourth-order valence-electron chi connectivity index (χ4n) is 2.13. The molecule has 0 atom stereocenters. The summed E-state index contributed by atoms with van der Waals surface area (Å²) in [5, 5.41) is 9.84. The quantitative estimate of drug-likeness (QED) is 0.356. The van der Waals surface area contributed by atoms with E-state index in [2.05, 4.69) is 4.98 Å². The predicted molar refractivity (Wildman–Crippen MR) is 85.8 cm³/mol. The van der Waals surface area contributed by atoms with Crippen molar-refractivity contribution in [3.05, 3.63) is 17.7 Å². The number of hydrogen-bond acceptors (Lipinski definition) is 7. The molecule has 0 radical (unpaired) electrons. The molecule has 1 aromatic rings. The molecular formula is C15H18N4O6. The molecule has 134 valence electrons. The number of amides is 3. The minimum Gasteiger partial charge on any atom is -0.478 e. The van der Waals surface area contributed by atoms with E-state index < -0.39 is 29.5 Å². The Kier molecular flexibility index (Phi) is 4.75. The highest BCUT2D eigenvalue weighted by Gasteiger charge is 2.35. The number of hydrogen-bond donors (Lipinski definition) is 2. The van der Waals surface area contributed by atoms with Gasteiger partial charge in [-0.15, -0.1) is 0 Å². The zero-order chi connectivity index (χ0) is 18.9. The number of nitrogens with two attached hydrogens (primary N) is 1. The van der Waals surface area contributed by atoms with Gasteiger partial charge in [0.15, 0.2) is 11.6 Å². The van der Waals surface area contributed by atoms with Gasteiger partial charge >= 0.3 is 12.1 Å². The first-order valence-corrected chi connectivity index (χ1v) is 7.39. The maximum absolute atomic E-state index is 12.0. The number of carboxylic acid groups (broad SMARTS) is 1. The second kappa shape index (κ2) is 6.48. The summed E-state index contributed by atoms with van der Waals surface area (Å²) in [7, 11) is 0. The molecule has 3 amide bonds. The standard InChI is InChI=1S/C15H18N4O6/c1-15(2,3)25-14(24)19(16)9-5-4-8(13(22)23)12(17-9)18-10(20)6-7-11(18)21/h4-5H,6-7,16H2,1-3H3,(H,22,23). The topological polar surface area (TPSA) is 143 Å². The fraction of sp³-hybridized carbons (Fsp3) is 0.400. The molecular weight excluding hydrogens is 332 g/mol. The van der Waals surface area contributed by atoms with Crippen molar-refractivity contribution >= 4 is 35.5 Å². The lowest BCUT2D eigenvalue weighted by atomic mass is 10.2. The lowest BCUT2D eigenvalue weighted by molar-refractivity contribution is -0.121. The summed E-state index contributed by atoms with van der Waals surface area (Å²) < 4.78 is 5.10. The molecule has 0 aliphatic carbocycles. The summed E-state index contributed by atoms with van der Waals surface area (Å²) in [5.74, 6) is 2.61. The second-order valence-corrected chi connectivity index (χ2v) is 6.32. The van der Waals surface area contributed by atoms with Gasteiger partial charge in [0.2, 0.25) is 11.8 Å². The van der Waals surface area contributed by atoms with E-state index in [1.807, 2.05) is 0 Å². The lowest BCUT2D eigenvalue weighted by Gasteiger charge is -2.24. The van der Waals surface area contributed by atoms with Gasteiger partial charge in [0, 0.05) is 12.8 Å². The van der Waals surface area contributed by atoms with E-state index in [9.17, 15) is 24.3 Å². The first kappa shape index (κ1) is 18.3. The molecule has 3 N–H and O–H groups in total. The fourth-order valence-corrected chi connectivity index (χ4v) is 2.13. The monoisotopic (exact) mass is 350 g/mol. The molecule has 10 heteroatoms. The molecule has 0 bridgehead atoms. The predicted octanol–water partition coefficient (Wildman–Crippen LogP) is 1.05. The van der Waals surface area contributed by atoms with Crippen molar-refractivity contribution in [2.24, 2.45) is 5.84 Å². The Balaban J connectivity index is 2.44. The number of carbonyl (C=O) groups is 4. The van der Waals surface area contributed by atoms with E-state index in [0.717, 1.165) is 6.07 Å². The lowest BCUT2D eigenvalue weighted by Crippen LogP contribution is -2.42. The van der Waals surface area contributed by atoms with Crippen LogP contribution in [0.3, 0.4) is 0 Å². The van der Waals surface area contributed by atoms with E-state index >= 15 is 0 Å². The molecule has 0 saturated carbocycles. The van der Waals surface area contributed by atoms with Crippen LogP contribution in [0, 0.1) is 0 Å². The van der Waals surface area contributed by atoms with E-state index in [0.29, 0.717) is 9.91 Å². The Morgan fingerprint density at radius 1 is 1.24 bits per heavy atom. The van der Waals surface area contributed by atoms with Crippen LogP contribution in [0.15, 0.2) is 12.1 Å². The highest BCUT2D eigenvalue weighted by molar-refractivity contribution is 6.21. The summed E-state index contributed by atoms with van der Waals surface area (Å²) in [6.07, 6.45) is -1.00. The van der Waals surface area contributed by atoms with Gasteiger partial charge in [-0.25, -0.2) is 25.3 Å². The van der Waals surface area contributed by atoms with Crippen molar-refractivity contribution in [2.45, 2.75) is 39.2 Å². The number of pyridine rings is 1. The van der Waals surface area contributed by atoms with Crippen molar-refractivity contribution in [3.8, 4) is 0 Å². The first-order chi connectivity index (χ1) is 11.5. The van der Waals surface area contributed by atoms with Crippen LogP contribution in [0.2, 0.25) is 0 Å². The minimum absolute atomic E-state index is 0.0395. The number of aromatic nitrogens is 1. The molecule has 0 aromatic carbocycles. The first-order valence-electron chi connectivity index (χ1n) is 7.39. The summed E-state index contributed by atoms with van der Waals surface area (Å²) in [6, 6.07) is 2.30. The maximum Gasteiger partial charge on any atom is 0.430 e. The third-order valence-corrected chi connectivity index (χ3v) is 3.19. The number of aromatic carboxylic acids is 1. The largest absolute Gasteiger partial charge is 0.478 e. The van der Waals surface area contributed by atoms with Crippen molar-refractivity contribution in [1.29, 1.82) is 0 Å². The number of imide groups is 1. The molecule has 2 rings (SSSR count). The van der Waals surface area contributed by atoms with Gasteiger partial charge in [-0.1, -0.05) is 0 Å². The van der Waals surface area contributed by atoms with Gasteiger partial charge < -0.3 is 9.84 Å². The number of nitrogens with zero attached hydrogens (tertiary/aromatic N) is 3. The SMILES string of the molecule is CC(C)(C)OC(=O)N(N)c1ccc(C(=O)O)c(N2C(=O)CCC2=O)n1. The van der Waals surface area contributed by atoms with E-state index in [4.69, 9.17) is 10.6 Å². The zero-order valence-corrected chi connectivity index (χ0v) is 14.0. The number of carboxylic acids is 1. The van der Waals surface area contributed by atoms with Gasteiger partial charge in [-0.2, -0.15) is 5.01 Å². The molecule has 0 spiro atoms. The van der Waals surface area contributed by atoms with Crippen molar-refractivity contribution < 1.29 is 29.0 Å². The average molecular weight is 350 g/mol. The smallest absolute Gasteiger partial charge is 0.430 e. The summed E-state index contributed by atoms with van der Waals surface area (Å²) in [6.45, 7) is 4.94. The van der Waals surface area contributed by atoms with Gasteiger partial charge in [-0.05, 0) is 32.9 Å². The van der Waals surface area contributed by atoms with Crippen LogP contribution in [0.5, 0.6) is 0 Å². The third kappa shape index (κ3) is 3.91. The summed E-state index contributed by atoms with van der Waals surface area (Å²) in [5.41, 5.74) is -1.16. The van der Waals surface area contributed by atoms with Crippen molar-refractivity contribution in [3.63, 3.8) is 0 Å². The van der Waals surface area contributed by atoms with Crippen LogP contribution in [0.1, 0.15) is 44.0 Å². The third-order valence-electron chi connectivity index (χ3n) is 3.19. The Bertz CT molecular complexity index is 739. The molecule has 1 saturated heterocycles. The molecule has 1 fully saturated rings. The minimum atomic E-state index is -1.37. The molecule has 10 nitrogen and oxygen atoms in total. The Hall–Kier alpha value is -3.01. The van der Waals surface area contributed by atoms with Gasteiger partial charge in [-0.3, -0.25) is 9.59 Å². The molecule has 1 aliphatic heterocycles. The Morgan fingerprint density at radius 3 is 2.28 bits per heavy atom. The molecule has 1 aliphatic rings. The summed E-state index contributed by atoms with van der Waals surface area (Å²) >= 11 is 0. The van der Waals surface area contributed by atoms with E-state index in [-0.39, 0.29) is 30.0 Å². The highest BCUT2D eigenvalue weighted by Crippen LogP contribution is 2.27. The zero-order valence-electron chi connectivity index (χ0n) is 14.0. The van der Waals surface area contributed by atoms with Crippen LogP contribution in [0.4, 0.5) is 16.4 Å². The molecule has 0 unspecified atom stereocenters. The average Bonchev–Trinajstić information content (AvgIpc) is 2.83. The molecule has 25 heavy (non-hydrogen) atoms. The normalized spacial score (nSPS) is 14.6. The second-order valence-electron chi connectivity index (χ2n) is 6.32. The number of carbonyl (C=O) groups excluding carboxylic acids is 3. The van der Waals surface area contributed by atoms with Crippen LogP contribution in [-0.2, 0) is 14.3 Å². The number of rotatable bonds is 3. The van der Waals surface area contributed by atoms with E-state index in [1.165, 1.54) is 6.07 Å². The van der Waals surface area contributed by atoms with Crippen LogP contribution in [0.25, 0.3) is 0 Å². The van der Waals surface area contributed by atoms with Crippen LogP contribution >= 0.6 is 0 Å². The van der Waals surface area contributed by atoms with Gasteiger partial charge in [0.25, 0.3) is 0 Å². The number of anilines is 2. The molecule has 2 heterocycles. The number of ether oxygens (including phenoxy) is 1. The molecule has 1 aromatic heterocycles. The van der Waals surface area contributed by atoms with Crippen molar-refractivity contribution in [1.82, 2.24) is 4.98 Å². The number of hydrazine groups is 1. The Labute approximate surface area is 143 Å². The van der Waals surface area contributed by atoms with Gasteiger partial charge in [0.05, 0.1) is 0 Å². The summed E-state index contributed by atoms with van der Waals surface area (Å²) in [4.78, 5) is 51.8. The highest BCUT2D eigenvalue weighted by atomic mass is 16.6. The van der Waals surface area contributed by atoms with E-state index in [1.54, 1.807) is 20.8 Å². The van der Waals surface area contributed by atoms with Crippen LogP contribution < -0.4 is 15.8 Å². The Morgan fingerprint density at radius 2 is 1.80 bits per heavy atom. The van der Waals surface area contributed by atoms with Crippen LogP contribution in [-0.4, -0.2) is 39.6 Å². The maximum atomic E-state index is 12.0. The van der Waals surface area contributed by atoms with Gasteiger partial charge in [0.1, 0.15) is 11.2 Å². The van der Waals surface area contributed by atoms with Crippen molar-refractivity contribution in [2.75, 3.05) is 9.91 Å².